The first kappa shape index (κ1) is 53.5. The summed E-state index contributed by atoms with van der Waals surface area (Å²) >= 11 is 1.82. The van der Waals surface area contributed by atoms with Crippen molar-refractivity contribution in [2.45, 2.75) is 32.2 Å². The molecule has 83 heavy (non-hydrogen) atoms. The molecule has 0 aliphatic carbocycles. The number of hydrogen-bond donors (Lipinski definition) is 2. The molecule has 7 heteroatoms. The predicted molar refractivity (Wildman–Crippen MR) is 345 cm³/mol. The van der Waals surface area contributed by atoms with E-state index in [9.17, 15) is 0 Å². The SMILES string of the molecule is C/C=C/c1ccc(C2C3=N/C(=C(/c4ccccc4)c4ccc([nH]4)/C(c4ccc(C(C=C5COCC5=CCC)=C([C]#[Os])[P+](c5ccccc5)(c5ccccc5)c5ccccc5)cc4)=C4/C=CC(=N4)/C(c4ccccc4)=C4/C=CC2N4)C=C3)cc1. The molecule has 2 N–H and O–H groups in total. The van der Waals surface area contributed by atoms with Gasteiger partial charge in [0.15, 0.2) is 0 Å². The molecular formula is C76H61N4OOsP+. The molecule has 8 aromatic rings. The molecule has 0 spiro atoms. The number of H-pyrrole nitrogens is 1. The summed E-state index contributed by atoms with van der Waals surface area (Å²) in [6.07, 6.45) is 23.2. The zero-order valence-electron chi connectivity index (χ0n) is 46.4. The van der Waals surface area contributed by atoms with E-state index in [1.165, 1.54) is 43.5 Å². The summed E-state index contributed by atoms with van der Waals surface area (Å²) in [4.78, 5) is 15.3. The second-order valence-electron chi connectivity index (χ2n) is 21.1. The van der Waals surface area contributed by atoms with Crippen LogP contribution in [0.5, 0.6) is 0 Å². The maximum atomic E-state index is 6.25. The number of aromatic nitrogens is 1. The van der Waals surface area contributed by atoms with Crippen LogP contribution in [-0.2, 0) is 22.7 Å². The molecular weight excluding hydrogens is 1210 g/mol. The molecule has 1 fully saturated rings. The number of allylic oxidation sites excluding steroid dienone is 11. The summed E-state index contributed by atoms with van der Waals surface area (Å²) in [5, 5.41) is 9.02. The average molecular weight is 1270 g/mol. The van der Waals surface area contributed by atoms with Crippen molar-refractivity contribution in [1.29, 1.82) is 0 Å². The van der Waals surface area contributed by atoms with E-state index in [2.05, 4.69) is 302 Å². The van der Waals surface area contributed by atoms with E-state index in [-0.39, 0.29) is 12.0 Å². The maximum absolute atomic E-state index is 6.25. The molecule has 0 amide bonds. The van der Waals surface area contributed by atoms with E-state index in [4.69, 9.17) is 14.7 Å². The van der Waals surface area contributed by atoms with Gasteiger partial charge in [0.05, 0.1) is 23.4 Å². The zero-order valence-corrected chi connectivity index (χ0v) is 49.8. The number of ether oxygens (including phenoxy) is 1. The van der Waals surface area contributed by atoms with Crippen LogP contribution in [0.15, 0.2) is 311 Å². The van der Waals surface area contributed by atoms with Crippen LogP contribution in [0.25, 0.3) is 28.4 Å². The molecule has 2 atom stereocenters. The van der Waals surface area contributed by atoms with Gasteiger partial charge in [-0.15, -0.1) is 0 Å². The molecule has 7 aromatic carbocycles. The first-order chi connectivity index (χ1) is 41.0. The Bertz CT molecular complexity index is 4110. The summed E-state index contributed by atoms with van der Waals surface area (Å²) in [6.45, 7) is 5.40. The van der Waals surface area contributed by atoms with Crippen molar-refractivity contribution < 1.29 is 22.7 Å². The van der Waals surface area contributed by atoms with E-state index in [0.717, 1.165) is 90.9 Å². The summed E-state index contributed by atoms with van der Waals surface area (Å²) in [7, 11) is -2.60. The Labute approximate surface area is 497 Å². The first-order valence-corrected chi connectivity index (χ1v) is 31.6. The number of nitrogens with zero attached hydrogens (tertiary/aromatic N) is 2. The molecule has 13 rings (SSSR count). The van der Waals surface area contributed by atoms with Gasteiger partial charge in [-0.3, -0.25) is 4.99 Å². The van der Waals surface area contributed by atoms with Crippen LogP contribution in [-0.4, -0.2) is 35.7 Å². The number of benzene rings is 7. The van der Waals surface area contributed by atoms with Gasteiger partial charge in [-0.1, -0.05) is 103 Å². The van der Waals surface area contributed by atoms with Gasteiger partial charge in [-0.2, -0.15) is 0 Å². The summed E-state index contributed by atoms with van der Waals surface area (Å²) < 4.78 is 10.2. The molecule has 1 saturated heterocycles. The topological polar surface area (TPSA) is 61.8 Å². The Hall–Kier alpha value is -8.83. The van der Waals surface area contributed by atoms with Crippen molar-refractivity contribution in [3.63, 3.8) is 0 Å². The first-order valence-electron chi connectivity index (χ1n) is 28.5. The monoisotopic (exact) mass is 1270 g/mol. The normalized spacial score (nSPS) is 21.4. The van der Waals surface area contributed by atoms with Gasteiger partial charge < -0.3 is 5.32 Å². The molecule has 0 radical (unpaired) electrons. The molecule has 0 saturated carbocycles. The fraction of sp³-hybridized carbons (Fsp3) is 0.0921. The van der Waals surface area contributed by atoms with Crippen molar-refractivity contribution in [1.82, 2.24) is 10.3 Å². The minimum atomic E-state index is -2.60. The molecule has 6 heterocycles. The van der Waals surface area contributed by atoms with Crippen molar-refractivity contribution >= 4 is 63.0 Å². The zero-order chi connectivity index (χ0) is 56.1. The van der Waals surface area contributed by atoms with Gasteiger partial charge >= 0.3 is 311 Å². The third-order valence-electron chi connectivity index (χ3n) is 16.1. The van der Waals surface area contributed by atoms with Gasteiger partial charge in [0.2, 0.25) is 0 Å². The number of aliphatic imine (C=N–C) groups is 2. The van der Waals surface area contributed by atoms with E-state index in [1.54, 1.807) is 0 Å². The third kappa shape index (κ3) is 10.4. The average Bonchev–Trinajstić information content (AvgIpc) is 4.34. The molecule has 403 valence electrons. The van der Waals surface area contributed by atoms with Crippen molar-refractivity contribution in [2.75, 3.05) is 13.2 Å². The third-order valence-corrected chi connectivity index (χ3v) is 21.5. The molecule has 2 unspecified atom stereocenters. The fourth-order valence-electron chi connectivity index (χ4n) is 12.3. The van der Waals surface area contributed by atoms with Crippen LogP contribution in [0, 0.1) is 4.37 Å². The van der Waals surface area contributed by atoms with Gasteiger partial charge in [-0.05, 0) is 47.4 Å². The van der Waals surface area contributed by atoms with E-state index in [1.807, 2.05) is 17.9 Å². The Morgan fingerprint density at radius 2 is 1.13 bits per heavy atom. The van der Waals surface area contributed by atoms with Gasteiger partial charge in [0, 0.05) is 5.70 Å². The Morgan fingerprint density at radius 1 is 0.590 bits per heavy atom. The smallest absolute Gasteiger partial charge is 0.377 e. The minimum Gasteiger partial charge on any atom is -0.377 e. The molecule has 1 aromatic heterocycles. The van der Waals surface area contributed by atoms with Crippen molar-refractivity contribution in [3.05, 3.63) is 345 Å². The van der Waals surface area contributed by atoms with E-state index in [0.29, 0.717) is 13.2 Å². The molecule has 5 nitrogen and oxygen atoms in total. The van der Waals surface area contributed by atoms with Crippen LogP contribution in [0.3, 0.4) is 0 Å². The second-order valence-corrected chi connectivity index (χ2v) is 25.1. The Morgan fingerprint density at radius 3 is 1.71 bits per heavy atom. The number of hydrogen-bond acceptors (Lipinski definition) is 4. The second kappa shape index (κ2) is 23.9. The number of rotatable bonds is 12. The molecule has 5 aliphatic rings. The minimum absolute atomic E-state index is 0.0878. The fourth-order valence-corrected chi connectivity index (χ4v) is 18.2. The standard InChI is InChI=1S/C76H61N4OP.Os/c1-4-21-53-33-35-57(36-34-53)75-69-45-41-65(77-69)73(55-23-11-6-12-24-55)67-43-47-71(79-67)76(72-48-44-68(80-72)74(56-25-13-7-14-26-56)66-42-46-70(75)78-66)58-39-37-54(38-40-58)64(49-60-51-81-50-59(60)22-5-2)52(3)82(61-27-15-8-16-28-61,62-29-17-9-18-30-62)63-31-19-10-20-32-63;/h4,6-49,69,75,77,80H,5,50-51H2,1-2H3;/q+1;/b21-4+,59-22?,60-49?,64-52?,73-65-,74-66-,76-71-;. The van der Waals surface area contributed by atoms with Gasteiger partial charge in [0.1, 0.15) is 0 Å². The Balaban J connectivity index is 1.03. The molecule has 8 bridgehead atoms. The van der Waals surface area contributed by atoms with Crippen LogP contribution >= 0.6 is 7.26 Å². The van der Waals surface area contributed by atoms with E-state index >= 15 is 0 Å². The van der Waals surface area contributed by atoms with Gasteiger partial charge in [0.25, 0.3) is 0 Å². The van der Waals surface area contributed by atoms with Crippen LogP contribution in [0.2, 0.25) is 0 Å². The predicted octanol–water partition coefficient (Wildman–Crippen LogP) is 15.8. The summed E-state index contributed by atoms with van der Waals surface area (Å²) in [5.41, 5.74) is 19.9. The van der Waals surface area contributed by atoms with Crippen molar-refractivity contribution in [2.24, 2.45) is 9.98 Å². The number of nitrogens with one attached hydrogen (secondary N) is 2. The number of aromatic amines is 1. The van der Waals surface area contributed by atoms with Gasteiger partial charge in [-0.25, -0.2) is 0 Å². The van der Waals surface area contributed by atoms with Crippen LogP contribution in [0.4, 0.5) is 0 Å². The van der Waals surface area contributed by atoms with Crippen molar-refractivity contribution in [3.8, 4) is 4.37 Å². The van der Waals surface area contributed by atoms with E-state index < -0.39 is 7.26 Å². The van der Waals surface area contributed by atoms with Crippen LogP contribution in [0.1, 0.15) is 71.0 Å². The molecule has 5 aliphatic heterocycles. The number of fused-ring (bicyclic) bond motifs is 6. The summed E-state index contributed by atoms with van der Waals surface area (Å²) in [6, 6.07) is 77.1. The summed E-state index contributed by atoms with van der Waals surface area (Å²) in [5.74, 6) is -0.0878. The quantitative estimate of drug-likeness (QED) is 0.120. The van der Waals surface area contributed by atoms with Crippen LogP contribution < -0.4 is 21.2 Å². The Kier molecular flexibility index (Phi) is 15.4.